The van der Waals surface area contributed by atoms with Crippen molar-refractivity contribution in [2.24, 2.45) is 5.92 Å². The van der Waals surface area contributed by atoms with Crippen LogP contribution in [0, 0.1) is 12.8 Å². The fourth-order valence-corrected chi connectivity index (χ4v) is 4.35. The number of nitrogens with one attached hydrogen (secondary N) is 1. The number of benzene rings is 1. The van der Waals surface area contributed by atoms with E-state index in [1.807, 2.05) is 13.0 Å². The second-order valence-electron chi connectivity index (χ2n) is 7.49. The Kier molecular flexibility index (Phi) is 3.91. The highest BCUT2D eigenvalue weighted by molar-refractivity contribution is 6.31. The molecule has 0 saturated heterocycles. The Hall–Kier alpha value is -2.44. The summed E-state index contributed by atoms with van der Waals surface area (Å²) in [6, 6.07) is 6.61. The van der Waals surface area contributed by atoms with Crippen LogP contribution in [0.4, 0.5) is 0 Å². The average Bonchev–Trinajstić information content (AvgIpc) is 3.25. The SMILES string of the molecule is Cc1n[nH]c2ccc(-c3nnc4n3[C@H](C3C=CC(Cl)=CC3)CN(C)C4)cc12. The molecule has 1 N–H and O–H groups in total. The van der Waals surface area contributed by atoms with Gasteiger partial charge in [0.05, 0.1) is 23.8 Å². The van der Waals surface area contributed by atoms with Crippen molar-refractivity contribution >= 4 is 22.5 Å². The summed E-state index contributed by atoms with van der Waals surface area (Å²) in [5, 5.41) is 18.4. The molecule has 0 bridgehead atoms. The molecule has 2 aliphatic rings. The van der Waals surface area contributed by atoms with E-state index in [1.54, 1.807) is 0 Å². The molecule has 7 heteroatoms. The van der Waals surface area contributed by atoms with E-state index in [2.05, 4.69) is 67.3 Å². The summed E-state index contributed by atoms with van der Waals surface area (Å²) in [5.41, 5.74) is 3.12. The quantitative estimate of drug-likeness (QED) is 0.734. The average molecular weight is 381 g/mol. The van der Waals surface area contributed by atoms with Crippen LogP contribution in [-0.2, 0) is 6.54 Å². The lowest BCUT2D eigenvalue weighted by Crippen LogP contribution is -2.38. The van der Waals surface area contributed by atoms with Gasteiger partial charge in [-0.05, 0) is 44.7 Å². The first kappa shape index (κ1) is 16.7. The van der Waals surface area contributed by atoms with E-state index in [1.165, 1.54) is 0 Å². The molecule has 138 valence electrons. The summed E-state index contributed by atoms with van der Waals surface area (Å²) in [6.07, 6.45) is 7.27. The molecule has 5 rings (SSSR count). The summed E-state index contributed by atoms with van der Waals surface area (Å²) in [4.78, 5) is 2.32. The van der Waals surface area contributed by atoms with Gasteiger partial charge in [0.25, 0.3) is 0 Å². The van der Waals surface area contributed by atoms with E-state index < -0.39 is 0 Å². The van der Waals surface area contributed by atoms with E-state index >= 15 is 0 Å². The number of aryl methyl sites for hydroxylation is 1. The number of allylic oxidation sites excluding steroid dienone is 4. The van der Waals surface area contributed by atoms with Crippen LogP contribution in [0.2, 0.25) is 0 Å². The van der Waals surface area contributed by atoms with E-state index in [0.29, 0.717) is 5.92 Å². The smallest absolute Gasteiger partial charge is 0.164 e. The number of rotatable bonds is 2. The van der Waals surface area contributed by atoms with Crippen LogP contribution in [0.1, 0.15) is 24.0 Å². The minimum absolute atomic E-state index is 0.280. The molecule has 1 aliphatic heterocycles. The van der Waals surface area contributed by atoms with Crippen LogP contribution in [0.25, 0.3) is 22.3 Å². The molecule has 1 aromatic carbocycles. The number of fused-ring (bicyclic) bond motifs is 2. The van der Waals surface area contributed by atoms with Gasteiger partial charge in [0.2, 0.25) is 0 Å². The molecular weight excluding hydrogens is 360 g/mol. The largest absolute Gasteiger partial charge is 0.305 e. The maximum atomic E-state index is 6.14. The first-order valence-corrected chi connectivity index (χ1v) is 9.59. The molecule has 0 fully saturated rings. The Bertz CT molecular complexity index is 1080. The van der Waals surface area contributed by atoms with E-state index in [0.717, 1.165) is 58.4 Å². The Morgan fingerprint density at radius 1 is 1.26 bits per heavy atom. The molecule has 1 unspecified atom stereocenters. The maximum absolute atomic E-state index is 6.14. The van der Waals surface area contributed by atoms with Crippen LogP contribution < -0.4 is 0 Å². The fraction of sp³-hybridized carbons (Fsp3) is 0.350. The van der Waals surface area contributed by atoms with Crippen molar-refractivity contribution in [3.05, 3.63) is 53.0 Å². The molecule has 0 amide bonds. The lowest BCUT2D eigenvalue weighted by molar-refractivity contribution is 0.190. The van der Waals surface area contributed by atoms with Gasteiger partial charge >= 0.3 is 0 Å². The summed E-state index contributed by atoms with van der Waals surface area (Å²) in [6.45, 7) is 3.79. The number of likely N-dealkylation sites (N-methyl/N-ethyl adjacent to an activating group) is 1. The molecule has 6 nitrogen and oxygen atoms in total. The summed E-state index contributed by atoms with van der Waals surface area (Å²) in [7, 11) is 2.14. The van der Waals surface area contributed by atoms with Crippen molar-refractivity contribution in [2.45, 2.75) is 25.9 Å². The molecule has 3 aromatic rings. The second kappa shape index (κ2) is 6.32. The molecule has 0 spiro atoms. The highest BCUT2D eigenvalue weighted by Gasteiger charge is 2.32. The zero-order valence-electron chi connectivity index (χ0n) is 15.4. The minimum atomic E-state index is 0.280. The Morgan fingerprint density at radius 2 is 2.15 bits per heavy atom. The molecular formula is C20H21ClN6. The van der Waals surface area contributed by atoms with E-state index in [4.69, 9.17) is 11.6 Å². The number of nitrogens with zero attached hydrogens (tertiary/aromatic N) is 5. The van der Waals surface area contributed by atoms with Gasteiger partial charge in [-0.15, -0.1) is 10.2 Å². The van der Waals surface area contributed by atoms with Crippen LogP contribution >= 0.6 is 11.6 Å². The number of aromatic nitrogens is 5. The molecule has 2 atom stereocenters. The molecule has 1 aliphatic carbocycles. The molecule has 0 radical (unpaired) electrons. The van der Waals surface area contributed by atoms with Crippen molar-refractivity contribution < 1.29 is 0 Å². The predicted molar refractivity (Wildman–Crippen MR) is 106 cm³/mol. The summed E-state index contributed by atoms with van der Waals surface area (Å²) >= 11 is 6.14. The van der Waals surface area contributed by atoms with Crippen LogP contribution in [0.15, 0.2) is 41.5 Å². The number of hydrogen-bond acceptors (Lipinski definition) is 4. The lowest BCUT2D eigenvalue weighted by atomic mass is 9.90. The number of aromatic amines is 1. The number of halogens is 1. The standard InChI is InChI=1S/C20H21ClN6/c1-12-16-9-14(5-8-17(16)23-22-12)20-25-24-19-11-26(2)10-18(27(19)20)13-3-6-15(21)7-4-13/h3,5-9,13,18H,4,10-11H2,1-2H3,(H,22,23)/t13?,18-/m0/s1. The third-order valence-corrected chi connectivity index (χ3v) is 5.88. The molecule has 0 saturated carbocycles. The summed E-state index contributed by atoms with van der Waals surface area (Å²) in [5.74, 6) is 2.32. The second-order valence-corrected chi connectivity index (χ2v) is 7.93. The van der Waals surface area contributed by atoms with Gasteiger partial charge in [-0.2, -0.15) is 5.10 Å². The third-order valence-electron chi connectivity index (χ3n) is 5.60. The van der Waals surface area contributed by atoms with Gasteiger partial charge < -0.3 is 4.57 Å². The maximum Gasteiger partial charge on any atom is 0.164 e. The van der Waals surface area contributed by atoms with Crippen LogP contribution in [0.5, 0.6) is 0 Å². The lowest BCUT2D eigenvalue weighted by Gasteiger charge is -2.36. The fourth-order valence-electron chi connectivity index (χ4n) is 4.19. The van der Waals surface area contributed by atoms with Crippen LogP contribution in [-0.4, -0.2) is 43.5 Å². The zero-order valence-corrected chi connectivity index (χ0v) is 16.1. The minimum Gasteiger partial charge on any atom is -0.305 e. The Labute approximate surface area is 162 Å². The predicted octanol–water partition coefficient (Wildman–Crippen LogP) is 3.82. The van der Waals surface area contributed by atoms with Crippen molar-refractivity contribution in [2.75, 3.05) is 13.6 Å². The Morgan fingerprint density at radius 3 is 2.96 bits per heavy atom. The van der Waals surface area contributed by atoms with Crippen LogP contribution in [0.3, 0.4) is 0 Å². The van der Waals surface area contributed by atoms with Crippen molar-refractivity contribution in [3.63, 3.8) is 0 Å². The highest BCUT2D eigenvalue weighted by Crippen LogP contribution is 2.36. The van der Waals surface area contributed by atoms with Gasteiger partial charge in [0.15, 0.2) is 5.82 Å². The highest BCUT2D eigenvalue weighted by atomic mass is 35.5. The Balaban J connectivity index is 1.61. The van der Waals surface area contributed by atoms with E-state index in [-0.39, 0.29) is 6.04 Å². The first-order chi connectivity index (χ1) is 13.1. The zero-order chi connectivity index (χ0) is 18.5. The van der Waals surface area contributed by atoms with Crippen molar-refractivity contribution in [1.29, 1.82) is 0 Å². The van der Waals surface area contributed by atoms with Crippen molar-refractivity contribution in [1.82, 2.24) is 29.9 Å². The first-order valence-electron chi connectivity index (χ1n) is 9.21. The van der Waals surface area contributed by atoms with Gasteiger partial charge in [0, 0.05) is 28.4 Å². The van der Waals surface area contributed by atoms with Gasteiger partial charge in [0.1, 0.15) is 5.82 Å². The van der Waals surface area contributed by atoms with E-state index in [9.17, 15) is 0 Å². The normalized spacial score (nSPS) is 22.9. The van der Waals surface area contributed by atoms with Gasteiger partial charge in [-0.3, -0.25) is 10.00 Å². The topological polar surface area (TPSA) is 62.6 Å². The monoisotopic (exact) mass is 380 g/mol. The number of hydrogen-bond donors (Lipinski definition) is 1. The number of H-pyrrole nitrogens is 1. The molecule has 3 heterocycles. The molecule has 27 heavy (non-hydrogen) atoms. The summed E-state index contributed by atoms with van der Waals surface area (Å²) < 4.78 is 2.33. The van der Waals surface area contributed by atoms with Gasteiger partial charge in [-0.1, -0.05) is 23.8 Å². The molecule has 2 aromatic heterocycles. The van der Waals surface area contributed by atoms with Crippen molar-refractivity contribution in [3.8, 4) is 11.4 Å². The van der Waals surface area contributed by atoms with Gasteiger partial charge in [-0.25, -0.2) is 0 Å². The third kappa shape index (κ3) is 2.80.